The SMILES string of the molecule is COc1ccc(C(=O)NC(C(=O)N2CCC(c3c(C)[nH]c4ccccc34)CC2)C(C)C)cc1. The van der Waals surface area contributed by atoms with Gasteiger partial charge in [0.05, 0.1) is 7.11 Å². The molecule has 1 fully saturated rings. The fourth-order valence-electron chi connectivity index (χ4n) is 4.89. The first-order valence-electron chi connectivity index (χ1n) is 11.7. The van der Waals surface area contributed by atoms with Gasteiger partial charge in [-0.25, -0.2) is 0 Å². The minimum absolute atomic E-state index is 0.000889. The number of para-hydroxylation sites is 1. The van der Waals surface area contributed by atoms with Crippen molar-refractivity contribution in [2.45, 2.75) is 45.6 Å². The van der Waals surface area contributed by atoms with Gasteiger partial charge in [0.25, 0.3) is 5.91 Å². The van der Waals surface area contributed by atoms with Crippen molar-refractivity contribution in [3.05, 3.63) is 65.4 Å². The number of ether oxygens (including phenoxy) is 1. The zero-order valence-electron chi connectivity index (χ0n) is 19.9. The number of hydrogen-bond acceptors (Lipinski definition) is 3. The summed E-state index contributed by atoms with van der Waals surface area (Å²) < 4.78 is 5.16. The summed E-state index contributed by atoms with van der Waals surface area (Å²) in [6.45, 7) is 7.47. The van der Waals surface area contributed by atoms with E-state index in [1.807, 2.05) is 18.7 Å². The molecule has 4 rings (SSSR count). The number of likely N-dealkylation sites (tertiary alicyclic amines) is 1. The number of aryl methyl sites for hydroxylation is 1. The zero-order valence-corrected chi connectivity index (χ0v) is 19.9. The molecular weight excluding hydrogens is 414 g/mol. The number of aromatic amines is 1. The molecule has 1 aliphatic rings. The fourth-order valence-corrected chi connectivity index (χ4v) is 4.89. The van der Waals surface area contributed by atoms with Gasteiger partial charge in [-0.3, -0.25) is 9.59 Å². The van der Waals surface area contributed by atoms with Crippen LogP contribution in [0.15, 0.2) is 48.5 Å². The highest BCUT2D eigenvalue weighted by atomic mass is 16.5. The number of H-pyrrole nitrogens is 1. The third-order valence-corrected chi connectivity index (χ3v) is 6.73. The minimum Gasteiger partial charge on any atom is -0.497 e. The van der Waals surface area contributed by atoms with E-state index in [0.717, 1.165) is 12.8 Å². The van der Waals surface area contributed by atoms with Crippen LogP contribution >= 0.6 is 0 Å². The van der Waals surface area contributed by atoms with E-state index in [4.69, 9.17) is 4.74 Å². The van der Waals surface area contributed by atoms with Crippen LogP contribution in [0.1, 0.15) is 54.2 Å². The first-order valence-corrected chi connectivity index (χ1v) is 11.7. The summed E-state index contributed by atoms with van der Waals surface area (Å²) in [4.78, 5) is 31.6. The Morgan fingerprint density at radius 1 is 1.06 bits per heavy atom. The second kappa shape index (κ2) is 9.69. The van der Waals surface area contributed by atoms with Crippen molar-refractivity contribution in [3.8, 4) is 5.75 Å². The van der Waals surface area contributed by atoms with Crippen LogP contribution in [0.2, 0.25) is 0 Å². The van der Waals surface area contributed by atoms with Gasteiger partial charge in [0.1, 0.15) is 11.8 Å². The lowest BCUT2D eigenvalue weighted by molar-refractivity contribution is -0.135. The van der Waals surface area contributed by atoms with Crippen LogP contribution in [0.3, 0.4) is 0 Å². The van der Waals surface area contributed by atoms with E-state index >= 15 is 0 Å². The van der Waals surface area contributed by atoms with Gasteiger partial charge >= 0.3 is 0 Å². The number of rotatable bonds is 6. The molecule has 0 spiro atoms. The lowest BCUT2D eigenvalue weighted by Crippen LogP contribution is -2.52. The van der Waals surface area contributed by atoms with Crippen LogP contribution in [0, 0.1) is 12.8 Å². The number of benzene rings is 2. The molecule has 174 valence electrons. The molecule has 2 N–H and O–H groups in total. The molecule has 2 heterocycles. The van der Waals surface area contributed by atoms with E-state index in [0.29, 0.717) is 30.3 Å². The normalized spacial score (nSPS) is 15.6. The van der Waals surface area contributed by atoms with Gasteiger partial charge < -0.3 is 19.9 Å². The van der Waals surface area contributed by atoms with Crippen molar-refractivity contribution in [3.63, 3.8) is 0 Å². The van der Waals surface area contributed by atoms with Crippen molar-refractivity contribution in [1.82, 2.24) is 15.2 Å². The van der Waals surface area contributed by atoms with Crippen LogP contribution in [0.5, 0.6) is 5.75 Å². The molecule has 0 aliphatic carbocycles. The van der Waals surface area contributed by atoms with Crippen LogP contribution in [-0.4, -0.2) is 47.9 Å². The van der Waals surface area contributed by atoms with Gasteiger partial charge in [-0.15, -0.1) is 0 Å². The first-order chi connectivity index (χ1) is 15.9. The maximum atomic E-state index is 13.4. The molecule has 2 aromatic carbocycles. The Balaban J connectivity index is 1.42. The van der Waals surface area contributed by atoms with Gasteiger partial charge in [0, 0.05) is 35.2 Å². The molecule has 1 aromatic heterocycles. The van der Waals surface area contributed by atoms with E-state index in [2.05, 4.69) is 41.5 Å². The van der Waals surface area contributed by atoms with Gasteiger partial charge in [-0.05, 0) is 67.5 Å². The lowest BCUT2D eigenvalue weighted by atomic mass is 9.87. The van der Waals surface area contributed by atoms with Crippen molar-refractivity contribution >= 4 is 22.7 Å². The fraction of sp³-hybridized carbons (Fsp3) is 0.407. The number of aromatic nitrogens is 1. The van der Waals surface area contributed by atoms with Gasteiger partial charge in [0.2, 0.25) is 5.91 Å². The molecule has 1 saturated heterocycles. The monoisotopic (exact) mass is 447 g/mol. The summed E-state index contributed by atoms with van der Waals surface area (Å²) in [5, 5.41) is 4.25. The highest BCUT2D eigenvalue weighted by Gasteiger charge is 2.32. The molecule has 6 heteroatoms. The Morgan fingerprint density at radius 2 is 1.73 bits per heavy atom. The molecule has 2 amide bonds. The molecule has 3 aromatic rings. The van der Waals surface area contributed by atoms with E-state index in [-0.39, 0.29) is 17.7 Å². The summed E-state index contributed by atoms with van der Waals surface area (Å²) in [5.41, 5.74) is 4.28. The largest absolute Gasteiger partial charge is 0.497 e. The molecule has 1 aliphatic heterocycles. The average molecular weight is 448 g/mol. The molecule has 0 bridgehead atoms. The van der Waals surface area contributed by atoms with Gasteiger partial charge in [-0.1, -0.05) is 32.0 Å². The van der Waals surface area contributed by atoms with Crippen molar-refractivity contribution in [1.29, 1.82) is 0 Å². The van der Waals surface area contributed by atoms with Gasteiger partial charge in [0.15, 0.2) is 0 Å². The molecule has 0 saturated carbocycles. The second-order valence-electron chi connectivity index (χ2n) is 9.23. The van der Waals surface area contributed by atoms with Crippen LogP contribution in [0.25, 0.3) is 10.9 Å². The number of carbonyl (C=O) groups is 2. The maximum absolute atomic E-state index is 13.4. The van der Waals surface area contributed by atoms with E-state index in [1.54, 1.807) is 31.4 Å². The summed E-state index contributed by atoms with van der Waals surface area (Å²) in [5.74, 6) is 0.871. The van der Waals surface area contributed by atoms with Crippen LogP contribution in [-0.2, 0) is 4.79 Å². The summed E-state index contributed by atoms with van der Waals surface area (Å²) in [7, 11) is 1.59. The van der Waals surface area contributed by atoms with Gasteiger partial charge in [-0.2, -0.15) is 0 Å². The number of fused-ring (bicyclic) bond motifs is 1. The smallest absolute Gasteiger partial charge is 0.251 e. The number of methoxy groups -OCH3 is 1. The minimum atomic E-state index is -0.550. The Labute approximate surface area is 195 Å². The molecule has 1 atom stereocenters. The predicted octanol–water partition coefficient (Wildman–Crippen LogP) is 4.65. The Bertz CT molecular complexity index is 1130. The standard InChI is InChI=1S/C27H33N3O3/c1-17(2)25(29-26(31)20-9-11-21(33-4)12-10-20)27(32)30-15-13-19(14-16-30)24-18(3)28-23-8-6-5-7-22(23)24/h5-12,17,19,25,28H,13-16H2,1-4H3,(H,29,31). The number of carbonyl (C=O) groups excluding carboxylic acids is 2. The first kappa shape index (κ1) is 22.9. The maximum Gasteiger partial charge on any atom is 0.251 e. The summed E-state index contributed by atoms with van der Waals surface area (Å²) in [6, 6.07) is 14.8. The average Bonchev–Trinajstić information content (AvgIpc) is 3.17. The van der Waals surface area contributed by atoms with Crippen molar-refractivity contribution in [2.24, 2.45) is 5.92 Å². The van der Waals surface area contributed by atoms with E-state index < -0.39 is 6.04 Å². The highest BCUT2D eigenvalue weighted by molar-refractivity contribution is 5.97. The Kier molecular flexibility index (Phi) is 6.72. The lowest BCUT2D eigenvalue weighted by Gasteiger charge is -2.35. The number of hydrogen-bond donors (Lipinski definition) is 2. The number of nitrogens with one attached hydrogen (secondary N) is 2. The second-order valence-corrected chi connectivity index (χ2v) is 9.23. The van der Waals surface area contributed by atoms with Crippen LogP contribution in [0.4, 0.5) is 0 Å². The zero-order chi connectivity index (χ0) is 23.5. The molecule has 6 nitrogen and oxygen atoms in total. The molecule has 1 unspecified atom stereocenters. The summed E-state index contributed by atoms with van der Waals surface area (Å²) >= 11 is 0. The Morgan fingerprint density at radius 3 is 2.36 bits per heavy atom. The number of piperidine rings is 1. The highest BCUT2D eigenvalue weighted by Crippen LogP contribution is 2.35. The Hall–Kier alpha value is -3.28. The predicted molar refractivity (Wildman–Crippen MR) is 131 cm³/mol. The third kappa shape index (κ3) is 4.75. The number of nitrogens with zero attached hydrogens (tertiary/aromatic N) is 1. The van der Waals surface area contributed by atoms with E-state index in [9.17, 15) is 9.59 Å². The van der Waals surface area contributed by atoms with Crippen molar-refractivity contribution in [2.75, 3.05) is 20.2 Å². The van der Waals surface area contributed by atoms with Crippen LogP contribution < -0.4 is 10.1 Å². The van der Waals surface area contributed by atoms with Crippen molar-refractivity contribution < 1.29 is 14.3 Å². The summed E-state index contributed by atoms with van der Waals surface area (Å²) in [6.07, 6.45) is 1.84. The quantitative estimate of drug-likeness (QED) is 0.578. The number of amides is 2. The molecule has 33 heavy (non-hydrogen) atoms. The topological polar surface area (TPSA) is 74.4 Å². The molecule has 0 radical (unpaired) electrons. The third-order valence-electron chi connectivity index (χ3n) is 6.73. The van der Waals surface area contributed by atoms with E-state index in [1.165, 1.54) is 22.2 Å². The molecular formula is C27H33N3O3.